The van der Waals surface area contributed by atoms with Crippen molar-refractivity contribution in [3.05, 3.63) is 97.2 Å². The molecule has 414 valence electrons. The molecule has 10 heteroatoms. The molecule has 0 saturated carbocycles. The van der Waals surface area contributed by atoms with E-state index >= 15 is 0 Å². The predicted octanol–water partition coefficient (Wildman–Crippen LogP) is 18.0. The SMILES string of the molecule is CC/C=C\C/C=C\C/C=C\C/C=C\C/C=C\C/C=C\CCCCCCCCCCCCC(=O)OC(COC(=O)CCCCCCCCCCC/C=C\C/C=C\CCCCC)COP(=O)(O)OCC[N+](C)(C)C. The number of hydrogen-bond acceptors (Lipinski definition) is 7. The molecule has 0 aromatic rings. The van der Waals surface area contributed by atoms with Gasteiger partial charge in [-0.25, -0.2) is 4.57 Å². The Balaban J connectivity index is 4.19. The van der Waals surface area contributed by atoms with E-state index in [0.29, 0.717) is 17.4 Å². The average Bonchev–Trinajstić information content (AvgIpc) is 3.34. The van der Waals surface area contributed by atoms with Crippen molar-refractivity contribution in [3.8, 4) is 0 Å². The lowest BCUT2D eigenvalue weighted by Gasteiger charge is -2.24. The summed E-state index contributed by atoms with van der Waals surface area (Å²) in [6.07, 6.45) is 71.8. The Hall–Kier alpha value is -3.07. The Bertz CT molecular complexity index is 1540. The van der Waals surface area contributed by atoms with Gasteiger partial charge in [-0.05, 0) is 96.3 Å². The molecule has 2 atom stereocenters. The van der Waals surface area contributed by atoms with E-state index in [9.17, 15) is 19.0 Å². The molecular weight excluding hydrogens is 918 g/mol. The van der Waals surface area contributed by atoms with E-state index in [2.05, 4.69) is 111 Å². The Morgan fingerprint density at radius 1 is 0.444 bits per heavy atom. The lowest BCUT2D eigenvalue weighted by atomic mass is 10.0. The number of phosphoric ester groups is 1. The number of unbranched alkanes of at least 4 members (excludes halogenated alkanes) is 22. The van der Waals surface area contributed by atoms with E-state index in [1.165, 1.54) is 109 Å². The van der Waals surface area contributed by atoms with Gasteiger partial charge in [-0.15, -0.1) is 0 Å². The van der Waals surface area contributed by atoms with E-state index in [1.807, 2.05) is 21.1 Å². The number of carbonyl (C=O) groups is 2. The van der Waals surface area contributed by atoms with Gasteiger partial charge >= 0.3 is 19.8 Å². The zero-order valence-electron chi connectivity index (χ0n) is 46.9. The molecule has 9 nitrogen and oxygen atoms in total. The minimum absolute atomic E-state index is 0.0258. The van der Waals surface area contributed by atoms with Crippen molar-refractivity contribution < 1.29 is 42.1 Å². The molecule has 0 radical (unpaired) electrons. The number of ether oxygens (including phenoxy) is 2. The molecule has 1 N–H and O–H groups in total. The minimum Gasteiger partial charge on any atom is -0.462 e. The highest BCUT2D eigenvalue weighted by Gasteiger charge is 2.27. The fourth-order valence-corrected chi connectivity index (χ4v) is 8.38. The van der Waals surface area contributed by atoms with Crippen molar-refractivity contribution in [3.63, 3.8) is 0 Å². The number of nitrogens with zero attached hydrogens (tertiary/aromatic N) is 1. The van der Waals surface area contributed by atoms with Gasteiger partial charge in [0.1, 0.15) is 19.8 Å². The van der Waals surface area contributed by atoms with Crippen LogP contribution in [0.2, 0.25) is 0 Å². The fraction of sp³-hybridized carbons (Fsp3) is 0.710. The molecule has 0 aromatic carbocycles. The molecule has 0 rings (SSSR count). The third kappa shape index (κ3) is 56.2. The van der Waals surface area contributed by atoms with Crippen LogP contribution in [-0.4, -0.2) is 74.9 Å². The van der Waals surface area contributed by atoms with Crippen molar-refractivity contribution in [2.45, 2.75) is 238 Å². The van der Waals surface area contributed by atoms with Gasteiger partial charge in [0.05, 0.1) is 27.7 Å². The van der Waals surface area contributed by atoms with Crippen LogP contribution in [0.15, 0.2) is 97.2 Å². The van der Waals surface area contributed by atoms with Crippen LogP contribution < -0.4 is 0 Å². The maximum Gasteiger partial charge on any atom is 0.472 e. The minimum atomic E-state index is -4.39. The van der Waals surface area contributed by atoms with Crippen molar-refractivity contribution in [1.82, 2.24) is 0 Å². The number of phosphoric acid groups is 1. The summed E-state index contributed by atoms with van der Waals surface area (Å²) in [5, 5.41) is 0. The quantitative estimate of drug-likeness (QED) is 0.0211. The summed E-state index contributed by atoms with van der Waals surface area (Å²) in [6, 6.07) is 0. The molecule has 0 aliphatic heterocycles. The number of carbonyl (C=O) groups excluding carboxylic acids is 2. The first-order valence-electron chi connectivity index (χ1n) is 29.0. The van der Waals surface area contributed by atoms with Gasteiger partial charge in [0.25, 0.3) is 0 Å². The normalized spacial score (nSPS) is 14.0. The zero-order chi connectivity index (χ0) is 52.7. The Morgan fingerprint density at radius 2 is 0.792 bits per heavy atom. The summed E-state index contributed by atoms with van der Waals surface area (Å²) < 4.78 is 34.6. The van der Waals surface area contributed by atoms with Crippen molar-refractivity contribution in [2.24, 2.45) is 0 Å². The molecule has 0 saturated heterocycles. The van der Waals surface area contributed by atoms with Gasteiger partial charge in [-0.3, -0.25) is 18.6 Å². The third-order valence-electron chi connectivity index (χ3n) is 12.1. The van der Waals surface area contributed by atoms with Crippen LogP contribution in [0.5, 0.6) is 0 Å². The van der Waals surface area contributed by atoms with E-state index in [4.69, 9.17) is 18.5 Å². The smallest absolute Gasteiger partial charge is 0.462 e. The second-order valence-corrected chi connectivity index (χ2v) is 21.7. The number of quaternary nitrogens is 1. The van der Waals surface area contributed by atoms with E-state index in [-0.39, 0.29) is 32.0 Å². The molecule has 0 aliphatic rings. The fourth-order valence-electron chi connectivity index (χ4n) is 7.64. The predicted molar refractivity (Wildman–Crippen MR) is 307 cm³/mol. The van der Waals surface area contributed by atoms with Crippen LogP contribution in [0.3, 0.4) is 0 Å². The van der Waals surface area contributed by atoms with Crippen molar-refractivity contribution in [1.29, 1.82) is 0 Å². The molecule has 0 amide bonds. The van der Waals surface area contributed by atoms with Gasteiger partial charge in [-0.2, -0.15) is 0 Å². The van der Waals surface area contributed by atoms with Crippen molar-refractivity contribution >= 4 is 19.8 Å². The van der Waals surface area contributed by atoms with Gasteiger partial charge in [0.2, 0.25) is 0 Å². The maximum atomic E-state index is 12.8. The first-order valence-corrected chi connectivity index (χ1v) is 30.5. The maximum absolute atomic E-state index is 12.8. The van der Waals surface area contributed by atoms with Crippen LogP contribution >= 0.6 is 7.82 Å². The molecule has 2 unspecified atom stereocenters. The molecule has 0 aromatic heterocycles. The Morgan fingerprint density at radius 3 is 1.18 bits per heavy atom. The first-order chi connectivity index (χ1) is 35.0. The molecule has 0 heterocycles. The molecule has 72 heavy (non-hydrogen) atoms. The summed E-state index contributed by atoms with van der Waals surface area (Å²) in [7, 11) is 1.46. The first kappa shape index (κ1) is 68.9. The number of hydrogen-bond donors (Lipinski definition) is 1. The highest BCUT2D eigenvalue weighted by Crippen LogP contribution is 2.43. The molecule has 0 fully saturated rings. The number of esters is 2. The van der Waals surface area contributed by atoms with Crippen LogP contribution in [-0.2, 0) is 32.7 Å². The summed E-state index contributed by atoms with van der Waals surface area (Å²) in [6.45, 7) is 4.29. The van der Waals surface area contributed by atoms with Crippen LogP contribution in [0.4, 0.5) is 0 Å². The summed E-state index contributed by atoms with van der Waals surface area (Å²) in [5.74, 6) is -0.809. The summed E-state index contributed by atoms with van der Waals surface area (Å²) in [5.41, 5.74) is 0. The van der Waals surface area contributed by atoms with Crippen molar-refractivity contribution in [2.75, 3.05) is 47.5 Å². The Labute approximate surface area is 443 Å². The van der Waals surface area contributed by atoms with Gasteiger partial charge in [-0.1, -0.05) is 220 Å². The van der Waals surface area contributed by atoms with Gasteiger partial charge in [0.15, 0.2) is 6.10 Å². The second-order valence-electron chi connectivity index (χ2n) is 20.3. The third-order valence-corrected chi connectivity index (χ3v) is 13.1. The monoisotopic (exact) mass is 1030 g/mol. The average molecular weight is 1030 g/mol. The second kappa shape index (κ2) is 52.8. The van der Waals surface area contributed by atoms with E-state index in [1.54, 1.807) is 0 Å². The molecule has 0 aliphatic carbocycles. The largest absolute Gasteiger partial charge is 0.472 e. The lowest BCUT2D eigenvalue weighted by Crippen LogP contribution is -2.37. The van der Waals surface area contributed by atoms with E-state index in [0.717, 1.165) is 89.9 Å². The van der Waals surface area contributed by atoms with E-state index < -0.39 is 26.5 Å². The van der Waals surface area contributed by atoms with Gasteiger partial charge in [0, 0.05) is 12.8 Å². The number of rotatable bonds is 52. The highest BCUT2D eigenvalue weighted by molar-refractivity contribution is 7.47. The van der Waals surface area contributed by atoms with Gasteiger partial charge < -0.3 is 18.9 Å². The summed E-state index contributed by atoms with van der Waals surface area (Å²) >= 11 is 0. The van der Waals surface area contributed by atoms with Crippen LogP contribution in [0.25, 0.3) is 0 Å². The van der Waals surface area contributed by atoms with Crippen LogP contribution in [0, 0.1) is 0 Å². The van der Waals surface area contributed by atoms with Crippen LogP contribution in [0.1, 0.15) is 232 Å². The molecule has 0 spiro atoms. The molecular formula is C62H109NO8P+. The number of allylic oxidation sites excluding steroid dienone is 16. The standard InChI is InChI=1S/C62H108NO8P/c1-6-8-10-12-14-16-18-20-22-24-26-27-28-29-30-31-32-33-34-35-37-39-41-43-45-47-49-51-53-55-62(65)71-60(59-70-72(66,67)69-57-56-63(3,4)5)58-68-61(64)54-52-50-48-46-44-42-40-38-36-25-23-21-19-17-15-13-11-9-7-2/h8,10,14-17,20-23,26-27,29-30,32-33,60H,6-7,9,11-13,18-19,24-25,28,31,34-59H2,1-5H3/p+1/b10-8-,16-14-,17-15-,22-20-,23-21-,27-26-,30-29-,33-32-. The number of likely N-dealkylation sites (N-methyl/N-ethyl adjacent to an activating group) is 1. The lowest BCUT2D eigenvalue weighted by molar-refractivity contribution is -0.870. The highest BCUT2D eigenvalue weighted by atomic mass is 31.2. The Kier molecular flexibility index (Phi) is 50.5. The summed E-state index contributed by atoms with van der Waals surface area (Å²) in [4.78, 5) is 35.7. The zero-order valence-corrected chi connectivity index (χ0v) is 47.8. The topological polar surface area (TPSA) is 108 Å². The molecule has 0 bridgehead atoms.